The first kappa shape index (κ1) is 16.6. The van der Waals surface area contributed by atoms with E-state index in [1.165, 1.54) is 10.9 Å². The van der Waals surface area contributed by atoms with Crippen molar-refractivity contribution in [3.63, 3.8) is 0 Å². The lowest BCUT2D eigenvalue weighted by Gasteiger charge is -2.25. The quantitative estimate of drug-likeness (QED) is 0.870. The van der Waals surface area contributed by atoms with Gasteiger partial charge in [0.1, 0.15) is 0 Å². The van der Waals surface area contributed by atoms with Crippen LogP contribution in [0.4, 0.5) is 0 Å². The summed E-state index contributed by atoms with van der Waals surface area (Å²) >= 11 is 0. The van der Waals surface area contributed by atoms with Crippen molar-refractivity contribution in [2.75, 3.05) is 6.54 Å². The van der Waals surface area contributed by atoms with E-state index in [0.29, 0.717) is 29.9 Å². The molecule has 128 valence electrons. The monoisotopic (exact) mass is 329 g/mol. The number of nitrogens with one attached hydrogen (secondary N) is 1. The van der Waals surface area contributed by atoms with Gasteiger partial charge in [-0.3, -0.25) is 14.2 Å². The number of aliphatic hydroxyl groups excluding tert-OH is 1. The fraction of sp³-hybridized carbons (Fsp3) is 0.500. The molecule has 1 heterocycles. The van der Waals surface area contributed by atoms with Crippen molar-refractivity contribution in [2.45, 2.75) is 44.8 Å². The normalized spacial score (nSPS) is 20.9. The first-order valence-electron chi connectivity index (χ1n) is 8.52. The Bertz CT molecular complexity index is 771. The van der Waals surface area contributed by atoms with Crippen LogP contribution in [0.25, 0.3) is 10.9 Å². The molecule has 1 saturated carbocycles. The Kier molecular flexibility index (Phi) is 5.25. The molecule has 0 saturated heterocycles. The van der Waals surface area contributed by atoms with Crippen LogP contribution in [-0.4, -0.2) is 33.2 Å². The van der Waals surface area contributed by atoms with Crippen molar-refractivity contribution in [1.82, 2.24) is 14.9 Å². The number of fused-ring (bicyclic) bond motifs is 1. The van der Waals surface area contributed by atoms with Gasteiger partial charge in [-0.2, -0.15) is 0 Å². The van der Waals surface area contributed by atoms with Gasteiger partial charge in [-0.1, -0.05) is 18.6 Å². The molecule has 1 aliphatic carbocycles. The molecule has 0 aliphatic heterocycles. The highest BCUT2D eigenvalue weighted by Gasteiger charge is 2.20. The lowest BCUT2D eigenvalue weighted by molar-refractivity contribution is -0.121. The maximum absolute atomic E-state index is 12.3. The highest BCUT2D eigenvalue weighted by atomic mass is 16.3. The third-order valence-corrected chi connectivity index (χ3v) is 4.65. The standard InChI is InChI=1S/C18H23N3O3/c22-14-5-3-4-13(10-14)11-19-17(23)8-9-21-12-20-16-7-2-1-6-15(16)18(21)24/h1-2,6-7,12-14,22H,3-5,8-11H2,(H,19,23). The van der Waals surface area contributed by atoms with Gasteiger partial charge in [0.05, 0.1) is 23.3 Å². The second kappa shape index (κ2) is 7.57. The van der Waals surface area contributed by atoms with Crippen LogP contribution in [0.5, 0.6) is 0 Å². The Morgan fingerprint density at radius 3 is 3.00 bits per heavy atom. The average Bonchev–Trinajstić information content (AvgIpc) is 2.60. The minimum absolute atomic E-state index is 0.0740. The van der Waals surface area contributed by atoms with Gasteiger partial charge >= 0.3 is 0 Å². The first-order chi connectivity index (χ1) is 11.6. The maximum atomic E-state index is 12.3. The van der Waals surface area contributed by atoms with Gasteiger partial charge in [0, 0.05) is 19.5 Å². The second-order valence-corrected chi connectivity index (χ2v) is 6.50. The van der Waals surface area contributed by atoms with Crippen molar-refractivity contribution in [3.8, 4) is 0 Å². The van der Waals surface area contributed by atoms with E-state index in [2.05, 4.69) is 10.3 Å². The number of hydrogen-bond donors (Lipinski definition) is 2. The maximum Gasteiger partial charge on any atom is 0.261 e. The third-order valence-electron chi connectivity index (χ3n) is 4.65. The van der Waals surface area contributed by atoms with Crippen molar-refractivity contribution in [1.29, 1.82) is 0 Å². The van der Waals surface area contributed by atoms with Crippen LogP contribution in [0, 0.1) is 5.92 Å². The summed E-state index contributed by atoms with van der Waals surface area (Å²) in [6.45, 7) is 0.913. The van der Waals surface area contributed by atoms with Gasteiger partial charge in [-0.05, 0) is 37.3 Å². The van der Waals surface area contributed by atoms with E-state index in [-0.39, 0.29) is 24.0 Å². The molecule has 6 nitrogen and oxygen atoms in total. The van der Waals surface area contributed by atoms with Crippen LogP contribution in [0.1, 0.15) is 32.1 Å². The van der Waals surface area contributed by atoms with Crippen LogP contribution in [0.3, 0.4) is 0 Å². The first-order valence-corrected chi connectivity index (χ1v) is 8.52. The number of para-hydroxylation sites is 1. The molecular formula is C18H23N3O3. The molecular weight excluding hydrogens is 306 g/mol. The average molecular weight is 329 g/mol. The summed E-state index contributed by atoms with van der Waals surface area (Å²) in [5.41, 5.74) is 0.544. The molecule has 2 aromatic rings. The summed E-state index contributed by atoms with van der Waals surface area (Å²) in [5, 5.41) is 13.1. The number of nitrogens with zero attached hydrogens (tertiary/aromatic N) is 2. The third kappa shape index (κ3) is 4.00. The van der Waals surface area contributed by atoms with Gasteiger partial charge in [0.15, 0.2) is 0 Å². The van der Waals surface area contributed by atoms with E-state index in [1.54, 1.807) is 18.2 Å². The van der Waals surface area contributed by atoms with E-state index in [4.69, 9.17) is 0 Å². The minimum Gasteiger partial charge on any atom is -0.393 e. The lowest BCUT2D eigenvalue weighted by Crippen LogP contribution is -2.34. The molecule has 1 aromatic heterocycles. The molecule has 2 atom stereocenters. The SMILES string of the molecule is O=C(CCn1cnc2ccccc2c1=O)NCC1CCCC(O)C1. The number of carbonyl (C=O) groups is 1. The zero-order valence-corrected chi connectivity index (χ0v) is 13.6. The summed E-state index contributed by atoms with van der Waals surface area (Å²) in [6.07, 6.45) is 5.19. The topological polar surface area (TPSA) is 84.2 Å². The Morgan fingerprint density at radius 1 is 1.33 bits per heavy atom. The zero-order chi connectivity index (χ0) is 16.9. The Morgan fingerprint density at radius 2 is 2.17 bits per heavy atom. The van der Waals surface area contributed by atoms with Crippen molar-refractivity contribution >= 4 is 16.8 Å². The zero-order valence-electron chi connectivity index (χ0n) is 13.6. The Labute approximate surface area is 140 Å². The smallest absolute Gasteiger partial charge is 0.261 e. The van der Waals surface area contributed by atoms with E-state index in [0.717, 1.165) is 25.7 Å². The summed E-state index contributed by atoms with van der Waals surface area (Å²) in [7, 11) is 0. The summed E-state index contributed by atoms with van der Waals surface area (Å²) < 4.78 is 1.48. The highest BCUT2D eigenvalue weighted by Crippen LogP contribution is 2.23. The van der Waals surface area contributed by atoms with Crippen molar-refractivity contribution in [3.05, 3.63) is 40.9 Å². The van der Waals surface area contributed by atoms with Gasteiger partial charge < -0.3 is 10.4 Å². The number of aliphatic hydroxyl groups is 1. The minimum atomic E-state index is -0.233. The number of aryl methyl sites for hydroxylation is 1. The number of rotatable bonds is 5. The molecule has 1 aliphatic rings. The molecule has 2 N–H and O–H groups in total. The predicted molar refractivity (Wildman–Crippen MR) is 91.6 cm³/mol. The van der Waals surface area contributed by atoms with E-state index in [9.17, 15) is 14.7 Å². The van der Waals surface area contributed by atoms with Crippen LogP contribution in [-0.2, 0) is 11.3 Å². The van der Waals surface area contributed by atoms with E-state index < -0.39 is 0 Å². The highest BCUT2D eigenvalue weighted by molar-refractivity contribution is 5.77. The van der Waals surface area contributed by atoms with E-state index in [1.807, 2.05) is 6.07 Å². The molecule has 1 aromatic carbocycles. The Hall–Kier alpha value is -2.21. The molecule has 1 amide bonds. The molecule has 2 unspecified atom stereocenters. The molecule has 6 heteroatoms. The summed E-state index contributed by atoms with van der Waals surface area (Å²) in [5.74, 6) is 0.276. The number of carbonyl (C=O) groups excluding carboxylic acids is 1. The van der Waals surface area contributed by atoms with Gasteiger partial charge in [-0.25, -0.2) is 4.98 Å². The van der Waals surface area contributed by atoms with Crippen LogP contribution >= 0.6 is 0 Å². The summed E-state index contributed by atoms with van der Waals surface area (Å²) in [4.78, 5) is 28.6. The molecule has 0 spiro atoms. The number of hydrogen-bond acceptors (Lipinski definition) is 4. The second-order valence-electron chi connectivity index (χ2n) is 6.50. The molecule has 1 fully saturated rings. The fourth-order valence-corrected chi connectivity index (χ4v) is 3.28. The lowest BCUT2D eigenvalue weighted by atomic mass is 9.87. The van der Waals surface area contributed by atoms with Gasteiger partial charge in [0.25, 0.3) is 5.56 Å². The molecule has 0 bridgehead atoms. The van der Waals surface area contributed by atoms with Crippen molar-refractivity contribution in [2.24, 2.45) is 5.92 Å². The number of benzene rings is 1. The van der Waals surface area contributed by atoms with E-state index >= 15 is 0 Å². The number of aromatic nitrogens is 2. The largest absolute Gasteiger partial charge is 0.393 e. The van der Waals surface area contributed by atoms with Crippen LogP contribution in [0.2, 0.25) is 0 Å². The van der Waals surface area contributed by atoms with Crippen LogP contribution in [0.15, 0.2) is 35.4 Å². The molecule has 3 rings (SSSR count). The van der Waals surface area contributed by atoms with Crippen molar-refractivity contribution < 1.29 is 9.90 Å². The molecule has 24 heavy (non-hydrogen) atoms. The molecule has 0 radical (unpaired) electrons. The van der Waals surface area contributed by atoms with Crippen LogP contribution < -0.4 is 10.9 Å². The van der Waals surface area contributed by atoms with Gasteiger partial charge in [0.2, 0.25) is 5.91 Å². The summed E-state index contributed by atoms with van der Waals surface area (Å²) in [6, 6.07) is 7.19. The number of amides is 1. The Balaban J connectivity index is 1.53. The van der Waals surface area contributed by atoms with Gasteiger partial charge in [-0.15, -0.1) is 0 Å². The predicted octanol–water partition coefficient (Wildman–Crippen LogP) is 1.45. The fourth-order valence-electron chi connectivity index (χ4n) is 3.28.